The molecule has 0 saturated carbocycles. The molecule has 2 aromatic carbocycles. The molecular weight excluding hydrogens is 286 g/mol. The SMILES string of the molecule is O=C(Nc1n[nH]c2c1CCC2)c1ccc(-c2ccccc2)cc1. The van der Waals surface area contributed by atoms with Crippen molar-refractivity contribution >= 4 is 11.7 Å². The molecule has 0 radical (unpaired) electrons. The number of nitrogens with one attached hydrogen (secondary N) is 2. The van der Waals surface area contributed by atoms with Crippen LogP contribution in [-0.4, -0.2) is 16.1 Å². The highest BCUT2D eigenvalue weighted by Crippen LogP contribution is 2.26. The first kappa shape index (κ1) is 13.8. The Labute approximate surface area is 134 Å². The van der Waals surface area contributed by atoms with Gasteiger partial charge in [0.1, 0.15) is 0 Å². The summed E-state index contributed by atoms with van der Waals surface area (Å²) in [7, 11) is 0. The molecule has 1 heterocycles. The number of carbonyl (C=O) groups is 1. The molecule has 0 spiro atoms. The average Bonchev–Trinajstić information content (AvgIpc) is 3.21. The van der Waals surface area contributed by atoms with Crippen molar-refractivity contribution in [1.29, 1.82) is 0 Å². The summed E-state index contributed by atoms with van der Waals surface area (Å²) in [6.07, 6.45) is 3.12. The second kappa shape index (κ2) is 5.72. The molecule has 114 valence electrons. The lowest BCUT2D eigenvalue weighted by molar-refractivity contribution is 0.102. The Bertz CT molecular complexity index is 835. The molecule has 1 aromatic heterocycles. The largest absolute Gasteiger partial charge is 0.305 e. The van der Waals surface area contributed by atoms with Crippen molar-refractivity contribution in [1.82, 2.24) is 10.2 Å². The molecule has 0 unspecified atom stereocenters. The molecule has 2 N–H and O–H groups in total. The highest BCUT2D eigenvalue weighted by Gasteiger charge is 2.20. The summed E-state index contributed by atoms with van der Waals surface area (Å²) in [5.74, 6) is 0.556. The van der Waals surface area contributed by atoms with Gasteiger partial charge >= 0.3 is 0 Å². The van der Waals surface area contributed by atoms with Crippen LogP contribution in [0.2, 0.25) is 0 Å². The van der Waals surface area contributed by atoms with Crippen LogP contribution in [0.25, 0.3) is 11.1 Å². The zero-order chi connectivity index (χ0) is 15.6. The molecule has 3 aromatic rings. The Balaban J connectivity index is 1.52. The van der Waals surface area contributed by atoms with Crippen LogP contribution in [0, 0.1) is 0 Å². The smallest absolute Gasteiger partial charge is 0.256 e. The van der Waals surface area contributed by atoms with E-state index in [9.17, 15) is 4.79 Å². The average molecular weight is 303 g/mol. The zero-order valence-corrected chi connectivity index (χ0v) is 12.7. The number of aromatic amines is 1. The number of carbonyl (C=O) groups excluding carboxylic acids is 1. The lowest BCUT2D eigenvalue weighted by Gasteiger charge is -2.06. The van der Waals surface area contributed by atoms with Gasteiger partial charge in [-0.15, -0.1) is 0 Å². The number of fused-ring (bicyclic) bond motifs is 1. The van der Waals surface area contributed by atoms with Crippen molar-refractivity contribution in [2.45, 2.75) is 19.3 Å². The van der Waals surface area contributed by atoms with Gasteiger partial charge in [0.05, 0.1) is 0 Å². The van der Waals surface area contributed by atoms with E-state index in [0.717, 1.165) is 41.6 Å². The third-order valence-electron chi connectivity index (χ3n) is 4.29. The molecule has 0 aliphatic heterocycles. The van der Waals surface area contributed by atoms with Gasteiger partial charge in [0.15, 0.2) is 5.82 Å². The number of hydrogen-bond donors (Lipinski definition) is 2. The third-order valence-corrected chi connectivity index (χ3v) is 4.29. The van der Waals surface area contributed by atoms with E-state index in [1.165, 1.54) is 0 Å². The minimum Gasteiger partial charge on any atom is -0.305 e. The predicted octanol–water partition coefficient (Wildman–Crippen LogP) is 3.82. The number of nitrogens with zero attached hydrogens (tertiary/aromatic N) is 1. The van der Waals surface area contributed by atoms with Crippen molar-refractivity contribution in [2.24, 2.45) is 0 Å². The summed E-state index contributed by atoms with van der Waals surface area (Å²) in [6.45, 7) is 0. The Morgan fingerprint density at radius 3 is 2.48 bits per heavy atom. The minimum absolute atomic E-state index is 0.120. The van der Waals surface area contributed by atoms with Crippen LogP contribution >= 0.6 is 0 Å². The maximum absolute atomic E-state index is 12.4. The summed E-state index contributed by atoms with van der Waals surface area (Å²) in [5, 5.41) is 10.1. The Kier molecular flexibility index (Phi) is 3.42. The normalized spacial score (nSPS) is 12.9. The van der Waals surface area contributed by atoms with E-state index in [-0.39, 0.29) is 5.91 Å². The minimum atomic E-state index is -0.120. The summed E-state index contributed by atoms with van der Waals surface area (Å²) in [5.41, 5.74) is 5.19. The molecule has 1 amide bonds. The number of H-pyrrole nitrogens is 1. The first-order valence-electron chi connectivity index (χ1n) is 7.84. The van der Waals surface area contributed by atoms with Crippen LogP contribution in [-0.2, 0) is 12.8 Å². The topological polar surface area (TPSA) is 57.8 Å². The van der Waals surface area contributed by atoms with Crippen molar-refractivity contribution < 1.29 is 4.79 Å². The number of aromatic nitrogens is 2. The first-order chi connectivity index (χ1) is 11.3. The van der Waals surface area contributed by atoms with E-state index in [4.69, 9.17) is 0 Å². The van der Waals surface area contributed by atoms with Crippen molar-refractivity contribution in [3.8, 4) is 11.1 Å². The number of aryl methyl sites for hydroxylation is 1. The van der Waals surface area contributed by atoms with Crippen molar-refractivity contribution in [3.05, 3.63) is 71.4 Å². The summed E-state index contributed by atoms with van der Waals surface area (Å²) in [4.78, 5) is 12.4. The van der Waals surface area contributed by atoms with Gasteiger partial charge in [0.2, 0.25) is 0 Å². The van der Waals surface area contributed by atoms with Gasteiger partial charge in [-0.1, -0.05) is 42.5 Å². The number of rotatable bonds is 3. The summed E-state index contributed by atoms with van der Waals surface area (Å²) in [6, 6.07) is 17.8. The molecule has 23 heavy (non-hydrogen) atoms. The molecule has 1 aliphatic carbocycles. The number of benzene rings is 2. The Hall–Kier alpha value is -2.88. The number of hydrogen-bond acceptors (Lipinski definition) is 2. The van der Waals surface area contributed by atoms with Crippen LogP contribution in [0.4, 0.5) is 5.82 Å². The summed E-state index contributed by atoms with van der Waals surface area (Å²) < 4.78 is 0. The predicted molar refractivity (Wildman–Crippen MR) is 90.4 cm³/mol. The van der Waals surface area contributed by atoms with Gasteiger partial charge in [0.25, 0.3) is 5.91 Å². The molecule has 1 aliphatic rings. The molecule has 0 atom stereocenters. The van der Waals surface area contributed by atoms with E-state index in [1.54, 1.807) is 0 Å². The van der Waals surface area contributed by atoms with E-state index in [0.29, 0.717) is 11.4 Å². The number of anilines is 1. The van der Waals surface area contributed by atoms with Crippen molar-refractivity contribution in [2.75, 3.05) is 5.32 Å². The molecular formula is C19H17N3O. The number of amides is 1. The standard InChI is InChI=1S/C19H17N3O/c23-19(20-18-16-7-4-8-17(16)21-22-18)15-11-9-14(10-12-15)13-5-2-1-3-6-13/h1-3,5-6,9-12H,4,7-8H2,(H2,20,21,22,23). The maximum Gasteiger partial charge on any atom is 0.256 e. The van der Waals surface area contributed by atoms with Crippen molar-refractivity contribution in [3.63, 3.8) is 0 Å². The Morgan fingerprint density at radius 2 is 1.70 bits per heavy atom. The second-order valence-corrected chi connectivity index (χ2v) is 5.78. The molecule has 4 heteroatoms. The maximum atomic E-state index is 12.4. The van der Waals surface area contributed by atoms with Gasteiger partial charge in [-0.25, -0.2) is 0 Å². The van der Waals surface area contributed by atoms with Gasteiger partial charge in [0, 0.05) is 16.8 Å². The van der Waals surface area contributed by atoms with Crippen LogP contribution in [0.3, 0.4) is 0 Å². The highest BCUT2D eigenvalue weighted by molar-refractivity contribution is 6.04. The fourth-order valence-electron chi connectivity index (χ4n) is 3.05. The lowest BCUT2D eigenvalue weighted by Crippen LogP contribution is -2.13. The summed E-state index contributed by atoms with van der Waals surface area (Å²) >= 11 is 0. The van der Waals surface area contributed by atoms with Gasteiger partial charge < -0.3 is 5.32 Å². The molecule has 0 saturated heterocycles. The first-order valence-corrected chi connectivity index (χ1v) is 7.84. The van der Waals surface area contributed by atoms with Crippen LogP contribution in [0.5, 0.6) is 0 Å². The van der Waals surface area contributed by atoms with Crippen LogP contribution in [0.15, 0.2) is 54.6 Å². The monoisotopic (exact) mass is 303 g/mol. The molecule has 0 bridgehead atoms. The van der Waals surface area contributed by atoms with E-state index in [2.05, 4.69) is 27.6 Å². The van der Waals surface area contributed by atoms with E-state index >= 15 is 0 Å². The van der Waals surface area contributed by atoms with Crippen LogP contribution in [0.1, 0.15) is 28.0 Å². The molecule has 0 fully saturated rings. The lowest BCUT2D eigenvalue weighted by atomic mass is 10.0. The zero-order valence-electron chi connectivity index (χ0n) is 12.7. The van der Waals surface area contributed by atoms with Gasteiger partial charge in [-0.3, -0.25) is 9.89 Å². The fraction of sp³-hybridized carbons (Fsp3) is 0.158. The van der Waals surface area contributed by atoms with Gasteiger partial charge in [-0.2, -0.15) is 5.10 Å². The third kappa shape index (κ3) is 2.63. The molecule has 4 rings (SSSR count). The van der Waals surface area contributed by atoms with E-state index < -0.39 is 0 Å². The molecule has 4 nitrogen and oxygen atoms in total. The Morgan fingerprint density at radius 1 is 0.957 bits per heavy atom. The van der Waals surface area contributed by atoms with Gasteiger partial charge in [-0.05, 0) is 42.5 Å². The van der Waals surface area contributed by atoms with Crippen LogP contribution < -0.4 is 5.32 Å². The quantitative estimate of drug-likeness (QED) is 0.773. The fourth-order valence-corrected chi connectivity index (χ4v) is 3.05. The highest BCUT2D eigenvalue weighted by atomic mass is 16.1. The second-order valence-electron chi connectivity index (χ2n) is 5.78. The van der Waals surface area contributed by atoms with E-state index in [1.807, 2.05) is 42.5 Å².